The molecule has 0 saturated heterocycles. The van der Waals surface area contributed by atoms with Gasteiger partial charge < -0.3 is 14.0 Å². The zero-order valence-corrected chi connectivity index (χ0v) is 18.6. The van der Waals surface area contributed by atoms with Gasteiger partial charge in [0.05, 0.1) is 11.6 Å². The average Bonchev–Trinajstić information content (AvgIpc) is 3.42. The topological polar surface area (TPSA) is 26.6 Å². The van der Waals surface area contributed by atoms with E-state index in [1.165, 1.54) is 23.3 Å². The third-order valence-corrected chi connectivity index (χ3v) is 6.82. The van der Waals surface area contributed by atoms with Crippen molar-refractivity contribution in [3.8, 4) is 11.5 Å². The second-order valence-corrected chi connectivity index (χ2v) is 8.97. The minimum Gasteiger partial charge on any atom is -0.454 e. The molecule has 1 atom stereocenters. The summed E-state index contributed by atoms with van der Waals surface area (Å²) >= 11 is 0. The largest absolute Gasteiger partial charge is 0.454 e. The Morgan fingerprint density at radius 3 is 2.56 bits per heavy atom. The number of benzene rings is 3. The van der Waals surface area contributed by atoms with Crippen molar-refractivity contribution in [2.75, 3.05) is 20.4 Å². The molecule has 0 N–H and O–H groups in total. The first-order valence-corrected chi connectivity index (χ1v) is 11.2. The highest BCUT2D eigenvalue weighted by Gasteiger charge is 2.32. The molecule has 7 heteroatoms. The lowest BCUT2D eigenvalue weighted by molar-refractivity contribution is -0.137. The van der Waals surface area contributed by atoms with Crippen molar-refractivity contribution in [1.82, 2.24) is 9.47 Å². The summed E-state index contributed by atoms with van der Waals surface area (Å²) in [6.45, 7) is 1.48. The number of likely N-dealkylation sites (N-methyl/N-ethyl adjacent to an activating group) is 1. The van der Waals surface area contributed by atoms with E-state index in [9.17, 15) is 13.2 Å². The van der Waals surface area contributed by atoms with Gasteiger partial charge in [0, 0.05) is 30.2 Å². The van der Waals surface area contributed by atoms with Crippen molar-refractivity contribution in [3.05, 3.63) is 94.7 Å². The van der Waals surface area contributed by atoms with Crippen LogP contribution in [0.4, 0.5) is 13.2 Å². The van der Waals surface area contributed by atoms with Gasteiger partial charge in [0.2, 0.25) is 6.79 Å². The van der Waals surface area contributed by atoms with Gasteiger partial charge in [-0.05, 0) is 66.1 Å². The summed E-state index contributed by atoms with van der Waals surface area (Å²) in [4.78, 5) is 2.32. The first-order valence-electron chi connectivity index (χ1n) is 11.2. The average molecular weight is 464 g/mol. The van der Waals surface area contributed by atoms with Crippen molar-refractivity contribution in [2.24, 2.45) is 0 Å². The van der Waals surface area contributed by atoms with Crippen LogP contribution in [0.1, 0.15) is 33.9 Å². The number of nitrogens with zero attached hydrogens (tertiary/aromatic N) is 2. The molecule has 2 aliphatic heterocycles. The third kappa shape index (κ3) is 3.51. The highest BCUT2D eigenvalue weighted by atomic mass is 19.4. The lowest BCUT2D eigenvalue weighted by Gasteiger charge is -2.34. The first-order chi connectivity index (χ1) is 16.4. The number of rotatable bonds is 3. The molecule has 0 bridgehead atoms. The summed E-state index contributed by atoms with van der Waals surface area (Å²) in [6.07, 6.45) is -1.35. The van der Waals surface area contributed by atoms with E-state index in [1.807, 2.05) is 18.2 Å². The first kappa shape index (κ1) is 21.1. The van der Waals surface area contributed by atoms with Crippen LogP contribution in [0.15, 0.2) is 66.9 Å². The Labute approximate surface area is 195 Å². The van der Waals surface area contributed by atoms with E-state index in [1.54, 1.807) is 6.07 Å². The van der Waals surface area contributed by atoms with Crippen molar-refractivity contribution >= 4 is 10.9 Å². The maximum Gasteiger partial charge on any atom is 0.416 e. The predicted molar refractivity (Wildman–Crippen MR) is 123 cm³/mol. The number of halogens is 3. The van der Waals surface area contributed by atoms with E-state index in [-0.39, 0.29) is 12.8 Å². The number of para-hydroxylation sites is 1. The van der Waals surface area contributed by atoms with Crippen LogP contribution in [0.3, 0.4) is 0 Å². The molecule has 0 fully saturated rings. The minimum atomic E-state index is -4.36. The lowest BCUT2D eigenvalue weighted by atomic mass is 9.88. The number of aromatic nitrogens is 1. The second kappa shape index (κ2) is 7.81. The zero-order chi connectivity index (χ0) is 23.4. The van der Waals surface area contributed by atoms with Crippen LogP contribution in [0.5, 0.6) is 11.5 Å². The molecule has 174 valence electrons. The molecule has 6 rings (SSSR count). The second-order valence-electron chi connectivity index (χ2n) is 8.97. The Morgan fingerprint density at radius 2 is 1.74 bits per heavy atom. The summed E-state index contributed by atoms with van der Waals surface area (Å²) in [5.41, 5.74) is 4.53. The van der Waals surface area contributed by atoms with Gasteiger partial charge in [0.15, 0.2) is 11.5 Å². The van der Waals surface area contributed by atoms with Crippen LogP contribution < -0.4 is 9.47 Å². The van der Waals surface area contributed by atoms with E-state index < -0.39 is 11.7 Å². The molecule has 2 aliphatic rings. The van der Waals surface area contributed by atoms with Gasteiger partial charge >= 0.3 is 6.18 Å². The lowest BCUT2D eigenvalue weighted by Crippen LogP contribution is -2.32. The van der Waals surface area contributed by atoms with Gasteiger partial charge in [-0.2, -0.15) is 13.2 Å². The molecule has 0 radical (unpaired) electrons. The number of hydrogen-bond acceptors (Lipinski definition) is 3. The van der Waals surface area contributed by atoms with Crippen molar-refractivity contribution in [2.45, 2.75) is 25.2 Å². The Balaban J connectivity index is 1.46. The quantitative estimate of drug-likeness (QED) is 0.371. The van der Waals surface area contributed by atoms with Crippen LogP contribution in [-0.2, 0) is 19.1 Å². The van der Waals surface area contributed by atoms with E-state index in [0.29, 0.717) is 12.1 Å². The van der Waals surface area contributed by atoms with E-state index in [0.717, 1.165) is 47.0 Å². The van der Waals surface area contributed by atoms with Crippen molar-refractivity contribution in [3.63, 3.8) is 0 Å². The van der Waals surface area contributed by atoms with Gasteiger partial charge in [-0.15, -0.1) is 0 Å². The molecule has 0 saturated carbocycles. The fraction of sp³-hybridized carbons (Fsp3) is 0.259. The van der Waals surface area contributed by atoms with Gasteiger partial charge in [-0.1, -0.05) is 30.3 Å². The number of alkyl halides is 3. The predicted octanol–water partition coefficient (Wildman–Crippen LogP) is 6.01. The maximum atomic E-state index is 13.3. The van der Waals surface area contributed by atoms with Crippen molar-refractivity contribution < 1.29 is 22.6 Å². The van der Waals surface area contributed by atoms with Gasteiger partial charge in [-0.3, -0.25) is 4.90 Å². The number of ether oxygens (including phenoxy) is 2. The normalized spacial score (nSPS) is 17.8. The molecular formula is C27H23F3N2O2. The summed E-state index contributed by atoms with van der Waals surface area (Å²) < 4.78 is 53.1. The standard InChI is InChI=1S/C27H23F3N2O2/c1-31-10-9-18-12-24-25(34-16-33-24)13-21(18)26(31)22-15-32(23-8-3-2-7-20(22)23)14-17-5-4-6-19(11-17)27(28,29)30/h2-8,11-13,15,26H,9-10,14,16H2,1H3. The Hall–Kier alpha value is -3.45. The maximum absolute atomic E-state index is 13.3. The summed E-state index contributed by atoms with van der Waals surface area (Å²) in [5, 5.41) is 1.09. The summed E-state index contributed by atoms with van der Waals surface area (Å²) in [6, 6.07) is 17.8. The summed E-state index contributed by atoms with van der Waals surface area (Å²) in [5.74, 6) is 1.54. The smallest absolute Gasteiger partial charge is 0.416 e. The highest BCUT2D eigenvalue weighted by molar-refractivity contribution is 5.85. The van der Waals surface area contributed by atoms with Gasteiger partial charge in [-0.25, -0.2) is 0 Å². The van der Waals surface area contributed by atoms with E-state index in [2.05, 4.69) is 40.9 Å². The number of hydrogen-bond donors (Lipinski definition) is 0. The molecule has 4 nitrogen and oxygen atoms in total. The molecule has 3 aromatic carbocycles. The van der Waals surface area contributed by atoms with Gasteiger partial charge in [0.1, 0.15) is 0 Å². The zero-order valence-electron chi connectivity index (χ0n) is 18.6. The fourth-order valence-corrected chi connectivity index (χ4v) is 5.21. The SMILES string of the molecule is CN1CCc2cc3c(cc2C1c1cn(Cc2cccc(C(F)(F)F)c2)c2ccccc12)OCO3. The molecule has 4 aromatic rings. The van der Waals surface area contributed by atoms with E-state index in [4.69, 9.17) is 9.47 Å². The Morgan fingerprint density at radius 1 is 0.941 bits per heavy atom. The fourth-order valence-electron chi connectivity index (χ4n) is 5.21. The van der Waals surface area contributed by atoms with Crippen LogP contribution in [-0.4, -0.2) is 29.9 Å². The van der Waals surface area contributed by atoms with E-state index >= 15 is 0 Å². The highest BCUT2D eigenvalue weighted by Crippen LogP contribution is 2.44. The van der Waals surface area contributed by atoms with Crippen molar-refractivity contribution in [1.29, 1.82) is 0 Å². The third-order valence-electron chi connectivity index (χ3n) is 6.82. The molecular weight excluding hydrogens is 441 g/mol. The van der Waals surface area contributed by atoms with Crippen LogP contribution in [0.2, 0.25) is 0 Å². The van der Waals surface area contributed by atoms with Crippen LogP contribution in [0, 0.1) is 0 Å². The molecule has 0 amide bonds. The Bertz CT molecular complexity index is 1390. The Kier molecular flexibility index (Phi) is 4.85. The monoisotopic (exact) mass is 464 g/mol. The molecule has 0 spiro atoms. The molecule has 34 heavy (non-hydrogen) atoms. The van der Waals surface area contributed by atoms with Gasteiger partial charge in [0.25, 0.3) is 0 Å². The molecule has 0 aliphatic carbocycles. The molecule has 1 unspecified atom stereocenters. The molecule has 1 aromatic heterocycles. The minimum absolute atomic E-state index is 0.00547. The van der Waals surface area contributed by atoms with Crippen LogP contribution in [0.25, 0.3) is 10.9 Å². The summed E-state index contributed by atoms with van der Waals surface area (Å²) in [7, 11) is 2.11. The molecule has 3 heterocycles. The van der Waals surface area contributed by atoms with Crippen LogP contribution >= 0.6 is 0 Å². The number of fused-ring (bicyclic) bond motifs is 3.